The van der Waals surface area contributed by atoms with Gasteiger partial charge in [0.05, 0.1) is 0 Å². The van der Waals surface area contributed by atoms with E-state index < -0.39 is 0 Å². The fourth-order valence-corrected chi connectivity index (χ4v) is 3.91. The van der Waals surface area contributed by atoms with E-state index in [1.807, 2.05) is 0 Å². The molecule has 1 unspecified atom stereocenters. The lowest BCUT2D eigenvalue weighted by Gasteiger charge is -2.13. The summed E-state index contributed by atoms with van der Waals surface area (Å²) >= 11 is 0. The Morgan fingerprint density at radius 2 is 1.88 bits per heavy atom. The van der Waals surface area contributed by atoms with Crippen LogP contribution >= 0.6 is 0 Å². The maximum atomic E-state index is 2.35. The first kappa shape index (κ1) is 18.0. The van der Waals surface area contributed by atoms with Gasteiger partial charge >= 0.3 is 0 Å². The minimum atomic E-state index is 0.631. The van der Waals surface area contributed by atoms with Gasteiger partial charge in [-0.1, -0.05) is 86.6 Å². The Balaban J connectivity index is 0.000000157. The smallest absolute Gasteiger partial charge is 0.00609 e. The molecule has 0 amide bonds. The standard InChI is InChI=1S/C15H18.C10H14/c1-12(2)15-9-7-14(8-10-15)11-13-5-3-4-6-13;1-8-5-6-9-3-2-4-10(9)7-8/h3-5,7-10,12H,6,11H2,1-2H3;5-6,8H,2-4,7H2,1H3. The minimum absolute atomic E-state index is 0.631. The molecule has 0 N–H and O–H groups in total. The van der Waals surface area contributed by atoms with Gasteiger partial charge in [0.2, 0.25) is 0 Å². The predicted octanol–water partition coefficient (Wildman–Crippen LogP) is 7.30. The molecule has 0 heteroatoms. The van der Waals surface area contributed by atoms with Gasteiger partial charge in [-0.25, -0.2) is 0 Å². The molecule has 1 aromatic rings. The van der Waals surface area contributed by atoms with Crippen LogP contribution < -0.4 is 0 Å². The number of benzene rings is 1. The third kappa shape index (κ3) is 5.08. The first-order chi connectivity index (χ1) is 12.1. The van der Waals surface area contributed by atoms with Gasteiger partial charge in [-0.3, -0.25) is 0 Å². The van der Waals surface area contributed by atoms with Crippen LogP contribution in [-0.4, -0.2) is 0 Å². The largest absolute Gasteiger partial charge is 0.0811 e. The summed E-state index contributed by atoms with van der Waals surface area (Å²) in [5, 5.41) is 0. The number of hydrogen-bond donors (Lipinski definition) is 0. The van der Waals surface area contributed by atoms with E-state index in [1.165, 1.54) is 42.4 Å². The molecule has 0 saturated carbocycles. The molecule has 3 aliphatic carbocycles. The summed E-state index contributed by atoms with van der Waals surface area (Å²) in [6, 6.07) is 9.02. The summed E-state index contributed by atoms with van der Waals surface area (Å²) in [6.45, 7) is 6.77. The van der Waals surface area contributed by atoms with Gasteiger partial charge in [0, 0.05) is 0 Å². The highest BCUT2D eigenvalue weighted by Crippen LogP contribution is 2.35. The molecule has 0 saturated heterocycles. The molecule has 25 heavy (non-hydrogen) atoms. The predicted molar refractivity (Wildman–Crippen MR) is 110 cm³/mol. The molecule has 0 fully saturated rings. The molecule has 1 atom stereocenters. The van der Waals surface area contributed by atoms with Crippen LogP contribution in [0, 0.1) is 5.92 Å². The highest BCUT2D eigenvalue weighted by atomic mass is 14.2. The van der Waals surface area contributed by atoms with Crippen LogP contribution in [0.2, 0.25) is 0 Å². The Morgan fingerprint density at radius 1 is 1.08 bits per heavy atom. The number of allylic oxidation sites excluding steroid dienone is 8. The second-order valence-electron chi connectivity index (χ2n) is 8.05. The van der Waals surface area contributed by atoms with E-state index in [0.717, 1.165) is 18.8 Å². The fraction of sp³-hybridized carbons (Fsp3) is 0.440. The second kappa shape index (κ2) is 8.52. The maximum Gasteiger partial charge on any atom is -0.00609 e. The average Bonchev–Trinajstić information content (AvgIpc) is 3.27. The van der Waals surface area contributed by atoms with E-state index in [4.69, 9.17) is 0 Å². The lowest BCUT2D eigenvalue weighted by atomic mass is 9.93. The molecule has 3 aliphatic rings. The molecule has 1 aromatic carbocycles. The molecule has 0 aromatic heterocycles. The Hall–Kier alpha value is -1.82. The lowest BCUT2D eigenvalue weighted by Crippen LogP contribution is -1.97. The molecule has 0 radical (unpaired) electrons. The zero-order chi connectivity index (χ0) is 17.6. The zero-order valence-corrected chi connectivity index (χ0v) is 16.1. The van der Waals surface area contributed by atoms with Crippen LogP contribution in [0.3, 0.4) is 0 Å². The third-order valence-electron chi connectivity index (χ3n) is 5.50. The van der Waals surface area contributed by atoms with Crippen molar-refractivity contribution in [2.24, 2.45) is 5.92 Å². The van der Waals surface area contributed by atoms with Crippen molar-refractivity contribution in [3.8, 4) is 0 Å². The highest BCUT2D eigenvalue weighted by Gasteiger charge is 2.17. The lowest BCUT2D eigenvalue weighted by molar-refractivity contribution is 0.689. The average molecular weight is 333 g/mol. The van der Waals surface area contributed by atoms with E-state index in [-0.39, 0.29) is 0 Å². The Morgan fingerprint density at radius 3 is 2.56 bits per heavy atom. The first-order valence-electron chi connectivity index (χ1n) is 9.94. The van der Waals surface area contributed by atoms with E-state index in [1.54, 1.807) is 11.1 Å². The second-order valence-corrected chi connectivity index (χ2v) is 8.05. The van der Waals surface area contributed by atoms with Crippen LogP contribution in [0.1, 0.15) is 69.9 Å². The zero-order valence-electron chi connectivity index (χ0n) is 16.1. The molecule has 4 rings (SSSR count). The van der Waals surface area contributed by atoms with Crippen LogP contribution in [0.25, 0.3) is 0 Å². The summed E-state index contributed by atoms with van der Waals surface area (Å²) in [7, 11) is 0. The van der Waals surface area contributed by atoms with E-state index in [9.17, 15) is 0 Å². The SMILES string of the molecule is CC(C)c1ccc(CC2=CC=CC2)cc1.CC1C=CC2=C(CCC2)C1. The van der Waals surface area contributed by atoms with Crippen LogP contribution in [0.5, 0.6) is 0 Å². The summed E-state index contributed by atoms with van der Waals surface area (Å²) in [5.74, 6) is 1.43. The molecule has 0 heterocycles. The highest BCUT2D eigenvalue weighted by molar-refractivity contribution is 5.34. The van der Waals surface area contributed by atoms with Crippen molar-refractivity contribution in [3.05, 3.63) is 82.5 Å². The van der Waals surface area contributed by atoms with Gasteiger partial charge in [-0.15, -0.1) is 0 Å². The van der Waals surface area contributed by atoms with Gasteiger partial charge in [-0.05, 0) is 67.1 Å². The topological polar surface area (TPSA) is 0 Å². The summed E-state index contributed by atoms with van der Waals surface area (Å²) in [5.41, 5.74) is 7.77. The van der Waals surface area contributed by atoms with E-state index in [2.05, 4.69) is 75.4 Å². The van der Waals surface area contributed by atoms with E-state index >= 15 is 0 Å². The van der Waals surface area contributed by atoms with Crippen molar-refractivity contribution in [3.63, 3.8) is 0 Å². The van der Waals surface area contributed by atoms with Gasteiger partial charge in [0.25, 0.3) is 0 Å². The third-order valence-corrected chi connectivity index (χ3v) is 5.50. The van der Waals surface area contributed by atoms with Crippen LogP contribution in [0.4, 0.5) is 0 Å². The minimum Gasteiger partial charge on any atom is -0.0811 e. The molecule has 132 valence electrons. The van der Waals surface area contributed by atoms with Crippen molar-refractivity contribution in [2.75, 3.05) is 0 Å². The molecule has 0 nitrogen and oxygen atoms in total. The van der Waals surface area contributed by atoms with Crippen molar-refractivity contribution in [1.29, 1.82) is 0 Å². The maximum absolute atomic E-state index is 2.35. The van der Waals surface area contributed by atoms with Gasteiger partial charge in [0.15, 0.2) is 0 Å². The molecule has 0 bridgehead atoms. The molecule has 0 spiro atoms. The normalized spacial score (nSPS) is 21.3. The van der Waals surface area contributed by atoms with E-state index in [0.29, 0.717) is 5.92 Å². The molecular weight excluding hydrogens is 300 g/mol. The Kier molecular flexibility index (Phi) is 6.13. The summed E-state index contributed by atoms with van der Waals surface area (Å²) in [6.07, 6.45) is 19.0. The van der Waals surface area contributed by atoms with Crippen molar-refractivity contribution >= 4 is 0 Å². The Bertz CT molecular complexity index is 692. The van der Waals surface area contributed by atoms with Crippen molar-refractivity contribution < 1.29 is 0 Å². The Labute approximate surface area is 154 Å². The van der Waals surface area contributed by atoms with Crippen LogP contribution in [0.15, 0.2) is 71.4 Å². The molecular formula is C25H32. The van der Waals surface area contributed by atoms with Crippen molar-refractivity contribution in [2.45, 2.75) is 65.2 Å². The number of hydrogen-bond acceptors (Lipinski definition) is 0. The fourth-order valence-electron chi connectivity index (χ4n) is 3.91. The van der Waals surface area contributed by atoms with Crippen LogP contribution in [-0.2, 0) is 6.42 Å². The summed E-state index contributed by atoms with van der Waals surface area (Å²) in [4.78, 5) is 0. The number of rotatable bonds is 3. The quantitative estimate of drug-likeness (QED) is 0.544. The monoisotopic (exact) mass is 332 g/mol. The van der Waals surface area contributed by atoms with Gasteiger partial charge in [0.1, 0.15) is 0 Å². The van der Waals surface area contributed by atoms with Crippen molar-refractivity contribution in [1.82, 2.24) is 0 Å². The molecule has 0 aliphatic heterocycles. The summed E-state index contributed by atoms with van der Waals surface area (Å²) < 4.78 is 0. The van der Waals surface area contributed by atoms with Gasteiger partial charge < -0.3 is 0 Å². The first-order valence-corrected chi connectivity index (χ1v) is 9.94. The van der Waals surface area contributed by atoms with Gasteiger partial charge in [-0.2, -0.15) is 0 Å².